The van der Waals surface area contributed by atoms with Crippen molar-refractivity contribution in [1.82, 2.24) is 0 Å². The van der Waals surface area contributed by atoms with Gasteiger partial charge in [0.25, 0.3) is 0 Å². The summed E-state index contributed by atoms with van der Waals surface area (Å²) in [6.07, 6.45) is 3.05. The van der Waals surface area contributed by atoms with Gasteiger partial charge in [0, 0.05) is 0 Å². The molecule has 0 unspecified atom stereocenters. The summed E-state index contributed by atoms with van der Waals surface area (Å²) in [5.41, 5.74) is -0.386. The molecule has 3 nitrogen and oxygen atoms in total. The summed E-state index contributed by atoms with van der Waals surface area (Å²) in [5.74, 6) is -1.12. The van der Waals surface area contributed by atoms with Gasteiger partial charge in [0.15, 0.2) is 0 Å². The highest BCUT2D eigenvalue weighted by atomic mass is 19.1. The average Bonchev–Trinajstić information content (AvgIpc) is 2.75. The van der Waals surface area contributed by atoms with Crippen molar-refractivity contribution >= 4 is 5.97 Å². The SMILES string of the molecule is COC(=O)c1cc(F)cc(C2(O)CCCC2)c1. The molecule has 1 fully saturated rings. The van der Waals surface area contributed by atoms with E-state index in [0.29, 0.717) is 18.4 Å². The summed E-state index contributed by atoms with van der Waals surface area (Å²) in [4.78, 5) is 11.4. The van der Waals surface area contributed by atoms with Crippen LogP contribution in [0, 0.1) is 5.82 Å². The van der Waals surface area contributed by atoms with Crippen LogP contribution in [0.5, 0.6) is 0 Å². The predicted octanol–water partition coefficient (Wildman–Crippen LogP) is 2.37. The van der Waals surface area contributed by atoms with Gasteiger partial charge in [-0.05, 0) is 36.6 Å². The van der Waals surface area contributed by atoms with Crippen molar-refractivity contribution in [3.05, 3.63) is 35.1 Å². The van der Waals surface area contributed by atoms with E-state index in [1.807, 2.05) is 0 Å². The van der Waals surface area contributed by atoms with Gasteiger partial charge in [-0.3, -0.25) is 0 Å². The molecule has 17 heavy (non-hydrogen) atoms. The standard InChI is InChI=1S/C13H15FO3/c1-17-12(15)9-6-10(8-11(14)7-9)13(16)4-2-3-5-13/h6-8,16H,2-5H2,1H3. The van der Waals surface area contributed by atoms with E-state index >= 15 is 0 Å². The van der Waals surface area contributed by atoms with Crippen molar-refractivity contribution < 1.29 is 19.0 Å². The van der Waals surface area contributed by atoms with Gasteiger partial charge < -0.3 is 9.84 Å². The number of aliphatic hydroxyl groups is 1. The van der Waals surface area contributed by atoms with Gasteiger partial charge in [0.1, 0.15) is 5.82 Å². The monoisotopic (exact) mass is 238 g/mol. The van der Waals surface area contributed by atoms with Crippen LogP contribution in [0.25, 0.3) is 0 Å². The Labute approximate surface area is 99.2 Å². The summed E-state index contributed by atoms with van der Waals surface area (Å²) in [7, 11) is 1.25. The van der Waals surface area contributed by atoms with E-state index in [9.17, 15) is 14.3 Å². The minimum absolute atomic E-state index is 0.142. The van der Waals surface area contributed by atoms with E-state index in [0.717, 1.165) is 18.9 Å². The van der Waals surface area contributed by atoms with Gasteiger partial charge in [0.05, 0.1) is 18.3 Å². The zero-order chi connectivity index (χ0) is 12.5. The van der Waals surface area contributed by atoms with Crippen molar-refractivity contribution in [1.29, 1.82) is 0 Å². The molecule has 1 N–H and O–H groups in total. The van der Waals surface area contributed by atoms with E-state index in [2.05, 4.69) is 4.74 Å². The van der Waals surface area contributed by atoms with Crippen LogP contribution in [0.2, 0.25) is 0 Å². The number of benzene rings is 1. The van der Waals surface area contributed by atoms with Crippen LogP contribution in [-0.4, -0.2) is 18.2 Å². The third-order valence-corrected chi connectivity index (χ3v) is 3.29. The minimum atomic E-state index is -0.995. The van der Waals surface area contributed by atoms with Crippen LogP contribution < -0.4 is 0 Å². The Kier molecular flexibility index (Phi) is 3.15. The number of carbonyl (C=O) groups is 1. The fourth-order valence-electron chi connectivity index (χ4n) is 2.34. The molecule has 0 spiro atoms. The molecular formula is C13H15FO3. The van der Waals surface area contributed by atoms with Crippen LogP contribution in [0.1, 0.15) is 41.6 Å². The normalized spacial score (nSPS) is 18.1. The second kappa shape index (κ2) is 4.45. The molecule has 1 aliphatic rings. The molecular weight excluding hydrogens is 223 g/mol. The zero-order valence-electron chi connectivity index (χ0n) is 9.70. The van der Waals surface area contributed by atoms with Gasteiger partial charge >= 0.3 is 5.97 Å². The lowest BCUT2D eigenvalue weighted by Crippen LogP contribution is -2.21. The Balaban J connectivity index is 2.41. The van der Waals surface area contributed by atoms with Crippen molar-refractivity contribution in [2.24, 2.45) is 0 Å². The molecule has 0 atom stereocenters. The van der Waals surface area contributed by atoms with Gasteiger partial charge in [-0.1, -0.05) is 12.8 Å². The second-order valence-electron chi connectivity index (χ2n) is 4.46. The minimum Gasteiger partial charge on any atom is -0.465 e. The molecule has 0 heterocycles. The Hall–Kier alpha value is -1.42. The molecule has 4 heteroatoms. The van der Waals surface area contributed by atoms with Crippen LogP contribution >= 0.6 is 0 Å². The zero-order valence-corrected chi connectivity index (χ0v) is 9.70. The first-order valence-electron chi connectivity index (χ1n) is 5.67. The van der Waals surface area contributed by atoms with Crippen LogP contribution in [0.15, 0.2) is 18.2 Å². The molecule has 1 aromatic rings. The lowest BCUT2D eigenvalue weighted by atomic mass is 9.91. The Bertz CT molecular complexity index is 436. The van der Waals surface area contributed by atoms with Gasteiger partial charge in [0.2, 0.25) is 0 Å². The first kappa shape index (κ1) is 12.0. The summed E-state index contributed by atoms with van der Waals surface area (Å²) >= 11 is 0. The predicted molar refractivity (Wildman–Crippen MR) is 60.1 cm³/mol. The van der Waals surface area contributed by atoms with Gasteiger partial charge in [-0.2, -0.15) is 0 Å². The van der Waals surface area contributed by atoms with Gasteiger partial charge in [-0.25, -0.2) is 9.18 Å². The lowest BCUT2D eigenvalue weighted by Gasteiger charge is -2.23. The average molecular weight is 238 g/mol. The summed E-state index contributed by atoms with van der Waals surface area (Å²) in [6.45, 7) is 0. The molecule has 1 aliphatic carbocycles. The maximum absolute atomic E-state index is 13.4. The number of esters is 1. The molecule has 2 rings (SSSR count). The van der Waals surface area contributed by atoms with E-state index in [4.69, 9.17) is 0 Å². The highest BCUT2D eigenvalue weighted by Crippen LogP contribution is 2.39. The highest BCUT2D eigenvalue weighted by Gasteiger charge is 2.33. The van der Waals surface area contributed by atoms with Crippen molar-refractivity contribution in [2.75, 3.05) is 7.11 Å². The summed E-state index contributed by atoms with van der Waals surface area (Å²) in [6, 6.07) is 3.92. The maximum atomic E-state index is 13.4. The Morgan fingerprint density at radius 1 is 1.35 bits per heavy atom. The quantitative estimate of drug-likeness (QED) is 0.804. The van der Waals surface area contributed by atoms with E-state index in [1.54, 1.807) is 0 Å². The largest absolute Gasteiger partial charge is 0.465 e. The first-order chi connectivity index (χ1) is 8.05. The van der Waals surface area contributed by atoms with E-state index in [1.165, 1.54) is 19.2 Å². The highest BCUT2D eigenvalue weighted by molar-refractivity contribution is 5.89. The van der Waals surface area contributed by atoms with E-state index in [-0.39, 0.29) is 5.56 Å². The molecule has 92 valence electrons. The third kappa shape index (κ3) is 2.31. The maximum Gasteiger partial charge on any atom is 0.337 e. The number of carbonyl (C=O) groups excluding carboxylic acids is 1. The number of rotatable bonds is 2. The smallest absolute Gasteiger partial charge is 0.337 e. The first-order valence-corrected chi connectivity index (χ1v) is 5.67. The van der Waals surface area contributed by atoms with Crippen LogP contribution in [0.3, 0.4) is 0 Å². The molecule has 1 aromatic carbocycles. The summed E-state index contributed by atoms with van der Waals surface area (Å²) in [5, 5.41) is 10.3. The second-order valence-corrected chi connectivity index (χ2v) is 4.46. The number of hydrogen-bond donors (Lipinski definition) is 1. The Morgan fingerprint density at radius 2 is 2.00 bits per heavy atom. The van der Waals surface area contributed by atoms with Crippen molar-refractivity contribution in [3.8, 4) is 0 Å². The van der Waals surface area contributed by atoms with Crippen LogP contribution in [0.4, 0.5) is 4.39 Å². The molecule has 0 saturated heterocycles. The molecule has 0 bridgehead atoms. The topological polar surface area (TPSA) is 46.5 Å². The lowest BCUT2D eigenvalue weighted by molar-refractivity contribution is 0.0438. The number of hydrogen-bond acceptors (Lipinski definition) is 3. The fraction of sp³-hybridized carbons (Fsp3) is 0.462. The molecule has 1 saturated carbocycles. The fourth-order valence-corrected chi connectivity index (χ4v) is 2.34. The molecule has 0 amide bonds. The third-order valence-electron chi connectivity index (χ3n) is 3.29. The molecule has 0 radical (unpaired) electrons. The van der Waals surface area contributed by atoms with Crippen molar-refractivity contribution in [2.45, 2.75) is 31.3 Å². The van der Waals surface area contributed by atoms with Crippen molar-refractivity contribution in [3.63, 3.8) is 0 Å². The number of ether oxygens (including phenoxy) is 1. The molecule has 0 aliphatic heterocycles. The number of methoxy groups -OCH3 is 1. The van der Waals surface area contributed by atoms with E-state index < -0.39 is 17.4 Å². The molecule has 0 aromatic heterocycles. The van der Waals surface area contributed by atoms with Gasteiger partial charge in [-0.15, -0.1) is 0 Å². The Morgan fingerprint density at radius 3 is 2.59 bits per heavy atom. The summed E-state index contributed by atoms with van der Waals surface area (Å²) < 4.78 is 18.0. The number of halogens is 1. The van der Waals surface area contributed by atoms with Crippen LogP contribution in [-0.2, 0) is 10.3 Å².